The van der Waals surface area contributed by atoms with E-state index in [1.165, 1.54) is 72.0 Å². The number of benzene rings is 3. The minimum absolute atomic E-state index is 0.00688. The number of rotatable bonds is 25. The number of nitrogens with two attached hydrogens (primary N) is 3. The number of hydrogen-bond donors (Lipinski definition) is 18. The van der Waals surface area contributed by atoms with Gasteiger partial charge in [0.2, 0.25) is 106 Å². The monoisotopic (exact) mass is 1920 g/mol. The predicted molar refractivity (Wildman–Crippen MR) is 500 cm³/mol. The number of primary amides is 3. The van der Waals surface area contributed by atoms with Gasteiger partial charge in [-0.05, 0) is 115 Å². The highest BCUT2D eigenvalue weighted by Gasteiger charge is 2.48. The number of thiophene rings is 1. The van der Waals surface area contributed by atoms with Crippen molar-refractivity contribution in [1.29, 1.82) is 0 Å². The first-order chi connectivity index (χ1) is 64.9. The van der Waals surface area contributed by atoms with Crippen molar-refractivity contribution in [1.82, 2.24) is 92.6 Å². The van der Waals surface area contributed by atoms with E-state index in [1.54, 1.807) is 55.8 Å². The van der Waals surface area contributed by atoms with E-state index in [-0.39, 0.29) is 94.7 Å². The first kappa shape index (κ1) is 105. The summed E-state index contributed by atoms with van der Waals surface area (Å²) in [7, 11) is 2.74. The standard InChI is InChI=1S/C92H125N21O21S2/c1-7-9-21-69-84(126)102-61(34-50(3)4)80(122)108-68(79(121)98-43-77(95)119)47-135-48-78(120)100-64(35-51-26-28-55(115)29-27-51)90(132)111-32-16-15-23-70(111)86(128)106-66(40-76(94)118)91(133)112-33-17-24-71(112)85(127)104-63(38-54-42-96-49-99-54)82(124)101-60(30-31-75(93)117)89(131)113-44-56(116)39-73(113)87(129)103-62(36-52-41-97-59-20-13-11-18-57(52)59)81(123)107-67(45-114)83(125)105-65(37-53-46-136-74-25-14-12-19-58(53)74)88(130)110(6)72(22-10-8-2)92(134)109(69)5/h11-14,18-20,25-29,41-42,46,49-50,56,60-73,97,114-116H,7-10,15-17,21-24,30-40,43-45,47-48H2,1-6H3,(H2,93,117)(H2,94,118)(H2,95,119)(H,96,99)(H,98,121)(H,100,120)(H,101,124)(H,102,126)(H,103,129)(H,104,127)(H,105,125)(H,106,128)(H,107,123)(H,108,122)/t56-,60+,61+,62+,63+,64-,65+,66+,67+,68+,69+,70+,71+,72+,73+/m1/s1. The number of hydrogen-bond acceptors (Lipinski definition) is 24. The lowest BCUT2D eigenvalue weighted by Crippen LogP contribution is -2.62. The van der Waals surface area contributed by atoms with Gasteiger partial charge in [-0.15, -0.1) is 23.1 Å². The zero-order valence-corrected chi connectivity index (χ0v) is 78.6. The van der Waals surface area contributed by atoms with Gasteiger partial charge in [0.25, 0.3) is 0 Å². The molecule has 0 spiro atoms. The van der Waals surface area contributed by atoms with Crippen LogP contribution in [0.3, 0.4) is 0 Å². The van der Waals surface area contributed by atoms with E-state index in [0.29, 0.717) is 71.5 Å². The molecule has 136 heavy (non-hydrogen) atoms. The molecule has 6 aromatic rings. The highest BCUT2D eigenvalue weighted by molar-refractivity contribution is 8.00. The van der Waals surface area contributed by atoms with Crippen LogP contribution in [0.5, 0.6) is 5.75 Å². The lowest BCUT2D eigenvalue weighted by Gasteiger charge is -2.38. The summed E-state index contributed by atoms with van der Waals surface area (Å²) in [6.07, 6.45) is 1.72. The number of likely N-dealkylation sites (N-methyl/N-ethyl adjacent to an activating group) is 2. The Hall–Kier alpha value is -13.1. The van der Waals surface area contributed by atoms with E-state index < -0.39 is 254 Å². The van der Waals surface area contributed by atoms with E-state index in [4.69, 9.17) is 17.2 Å². The summed E-state index contributed by atoms with van der Waals surface area (Å²) in [5.74, 6) is -18.3. The molecule has 7 heterocycles. The van der Waals surface area contributed by atoms with Crippen molar-refractivity contribution in [3.05, 3.63) is 119 Å². The number of aromatic nitrogens is 3. The number of piperidine rings is 1. The van der Waals surface area contributed by atoms with Crippen LogP contribution in [0, 0.1) is 5.92 Å². The molecule has 0 unspecified atom stereocenters. The van der Waals surface area contributed by atoms with Crippen molar-refractivity contribution >= 4 is 150 Å². The number of imidazole rings is 1. The van der Waals surface area contributed by atoms with Gasteiger partial charge in [0.1, 0.15) is 90.3 Å². The number of aromatic amines is 2. The quantitative estimate of drug-likeness (QED) is 0.0305. The van der Waals surface area contributed by atoms with E-state index in [2.05, 4.69) is 68.1 Å². The second-order valence-corrected chi connectivity index (χ2v) is 37.3. The van der Waals surface area contributed by atoms with Crippen molar-refractivity contribution in [2.75, 3.05) is 58.4 Å². The molecule has 4 saturated heterocycles. The van der Waals surface area contributed by atoms with Crippen LogP contribution in [0.25, 0.3) is 21.0 Å². The van der Waals surface area contributed by atoms with Gasteiger partial charge in [0.05, 0.1) is 37.8 Å². The van der Waals surface area contributed by atoms with Crippen LogP contribution in [0.1, 0.15) is 153 Å². The predicted octanol–water partition coefficient (Wildman–Crippen LogP) is -1.66. The molecule has 0 bridgehead atoms. The lowest BCUT2D eigenvalue weighted by atomic mass is 9.97. The van der Waals surface area contributed by atoms with E-state index >= 15 is 47.9 Å². The molecule has 3 aromatic heterocycles. The van der Waals surface area contributed by atoms with Crippen LogP contribution in [-0.2, 0) is 112 Å². The van der Waals surface area contributed by atoms with Crippen LogP contribution in [0.4, 0.5) is 0 Å². The number of thioether (sulfide) groups is 1. The number of H-pyrrole nitrogens is 2. The Morgan fingerprint density at radius 1 is 0.537 bits per heavy atom. The van der Waals surface area contributed by atoms with E-state index in [9.17, 15) is 53.7 Å². The molecule has 15 atom stereocenters. The Balaban J connectivity index is 1.02. The van der Waals surface area contributed by atoms with Gasteiger partial charge in [0, 0.05) is 112 Å². The number of aliphatic hydroxyl groups excluding tert-OH is 2. The number of amides is 18. The molecule has 21 N–H and O–H groups in total. The number of nitrogens with zero attached hydrogens (tertiary/aromatic N) is 6. The average molecular weight is 1930 g/mol. The fourth-order valence-corrected chi connectivity index (χ4v) is 19.3. The van der Waals surface area contributed by atoms with Crippen molar-refractivity contribution in [3.63, 3.8) is 0 Å². The van der Waals surface area contributed by atoms with Gasteiger partial charge in [-0.1, -0.05) is 102 Å². The molecule has 10 rings (SSSR count). The Kier molecular flexibility index (Phi) is 38.5. The molecule has 0 aliphatic carbocycles. The zero-order chi connectivity index (χ0) is 98.7. The van der Waals surface area contributed by atoms with E-state index in [1.807, 2.05) is 32.0 Å². The summed E-state index contributed by atoms with van der Waals surface area (Å²) in [6.45, 7) is 4.65. The van der Waals surface area contributed by atoms with Crippen molar-refractivity contribution in [2.45, 2.75) is 247 Å². The molecule has 0 radical (unpaired) electrons. The molecule has 4 fully saturated rings. The molecule has 4 aliphatic rings. The number of carbonyl (C=O) groups excluding carboxylic acids is 18. The van der Waals surface area contributed by atoms with Gasteiger partial charge in [0.15, 0.2) is 0 Å². The van der Waals surface area contributed by atoms with Gasteiger partial charge >= 0.3 is 0 Å². The smallest absolute Gasteiger partial charge is 0.246 e. The fraction of sp³-hybridized carbons (Fsp3) is 0.533. The number of para-hydroxylation sites is 1. The molecule has 3 aromatic carbocycles. The van der Waals surface area contributed by atoms with Crippen LogP contribution < -0.4 is 70.4 Å². The number of aromatic hydroxyl groups is 1. The number of carbonyl (C=O) groups is 18. The highest BCUT2D eigenvalue weighted by Crippen LogP contribution is 2.31. The highest BCUT2D eigenvalue weighted by atomic mass is 32.2. The summed E-state index contributed by atoms with van der Waals surface area (Å²) < 4.78 is 0.811. The summed E-state index contributed by atoms with van der Waals surface area (Å²) >= 11 is 2.16. The maximum Gasteiger partial charge on any atom is 0.246 e. The van der Waals surface area contributed by atoms with Crippen molar-refractivity contribution in [2.24, 2.45) is 23.1 Å². The second kappa shape index (κ2) is 49.9. The average Bonchev–Trinajstić information content (AvgIpc) is 1.37. The number of nitrogens with one attached hydrogen (secondary N) is 12. The summed E-state index contributed by atoms with van der Waals surface area (Å²) in [5.41, 5.74) is 19.2. The number of phenolic OH excluding ortho intramolecular Hbond substituents is 1. The third-order valence-electron chi connectivity index (χ3n) is 24.7. The Morgan fingerprint density at radius 3 is 1.74 bits per heavy atom. The van der Waals surface area contributed by atoms with Gasteiger partial charge in [-0.2, -0.15) is 0 Å². The number of phenols is 1. The zero-order valence-electron chi connectivity index (χ0n) is 77.0. The maximum atomic E-state index is 15.8. The number of unbranched alkanes of at least 4 members (excludes halogenated alkanes) is 2. The third kappa shape index (κ3) is 28.5. The summed E-state index contributed by atoms with van der Waals surface area (Å²) in [5, 5.41) is 62.6. The maximum absolute atomic E-state index is 15.8. The second-order valence-electron chi connectivity index (χ2n) is 35.3. The first-order valence-corrected chi connectivity index (χ1v) is 47.9. The molecular weight excluding hydrogens is 1800 g/mol. The molecular formula is C92H125N21O21S2. The SMILES string of the molecule is CCCC[C@H]1C(=O)N(C)[C@@H](CCCC)C(=O)N[C@@H](CC(C)C)C(=O)N[C@H](C(=O)NCC(N)=O)CSCC(=O)N[C@H](Cc2ccc(O)cc2)C(=O)N2CCCC[C@H]2C(=O)N[C@@H](CC(N)=O)C(=O)N2CCC[C@H]2C(=O)N[C@@H](Cc2cnc[nH]2)C(=O)N[C@@H](CCC(N)=O)C(=O)N2C[C@H](O)C[C@H]2C(=O)N[C@@H](Cc2c[nH]c3ccccc23)C(=O)N[C@@H](CO)C(=O)N[C@@H](Cc2csc3ccccc23)C(=O)N1C. The topological polar surface area (TPSA) is 627 Å². The first-order valence-electron chi connectivity index (χ1n) is 45.9. The molecule has 736 valence electrons. The molecule has 42 nitrogen and oxygen atoms in total. The van der Waals surface area contributed by atoms with Gasteiger partial charge < -0.3 is 120 Å². The van der Waals surface area contributed by atoms with Crippen LogP contribution >= 0.6 is 23.1 Å². The van der Waals surface area contributed by atoms with Crippen LogP contribution in [0.2, 0.25) is 0 Å². The van der Waals surface area contributed by atoms with E-state index in [0.717, 1.165) is 31.2 Å². The molecule has 0 saturated carbocycles. The summed E-state index contributed by atoms with van der Waals surface area (Å²) in [6, 6.07) is -2.09. The lowest BCUT2D eigenvalue weighted by molar-refractivity contribution is -0.149. The normalized spacial score (nSPS) is 25.2. The van der Waals surface area contributed by atoms with Gasteiger partial charge in [-0.3, -0.25) is 86.3 Å². The fourth-order valence-electron chi connectivity index (χ4n) is 17.5. The molecule has 4 aliphatic heterocycles. The number of fused-ring (bicyclic) bond motifs is 5. The Morgan fingerprint density at radius 2 is 1.10 bits per heavy atom. The molecule has 44 heteroatoms. The number of aliphatic hydroxyl groups is 2. The largest absolute Gasteiger partial charge is 0.508 e. The minimum atomic E-state index is -1.90. The Bertz CT molecular complexity index is 5290. The third-order valence-corrected chi connectivity index (χ3v) is 26.7. The van der Waals surface area contributed by atoms with Crippen molar-refractivity contribution < 1.29 is 102 Å². The van der Waals surface area contributed by atoms with Crippen LogP contribution in [0.15, 0.2) is 96.9 Å². The van der Waals surface area contributed by atoms with Gasteiger partial charge in [-0.25, -0.2) is 4.98 Å². The minimum Gasteiger partial charge on any atom is -0.508 e. The van der Waals surface area contributed by atoms with Crippen molar-refractivity contribution in [3.8, 4) is 5.75 Å². The summed E-state index contributed by atoms with van der Waals surface area (Å²) in [4.78, 5) is 280. The van der Waals surface area contributed by atoms with Crippen LogP contribution in [-0.4, -0.2) is 310 Å². The molecule has 18 amide bonds. The Labute approximate surface area is 793 Å².